The van der Waals surface area contributed by atoms with Crippen LogP contribution in [-0.4, -0.2) is 21.2 Å². The number of rotatable bonds is 2. The molecule has 3 rings (SSSR count). The van der Waals surface area contributed by atoms with E-state index in [1.807, 2.05) is 32.0 Å². The van der Waals surface area contributed by atoms with Gasteiger partial charge < -0.3 is 5.32 Å². The van der Waals surface area contributed by atoms with Crippen molar-refractivity contribution in [3.8, 4) is 0 Å². The summed E-state index contributed by atoms with van der Waals surface area (Å²) in [4.78, 5) is 28.7. The number of thioether (sulfide) groups is 1. The fraction of sp³-hybridized carbons (Fsp3) is 0.267. The minimum absolute atomic E-state index is 0.0829. The normalized spacial score (nSPS) is 13.0. The van der Waals surface area contributed by atoms with E-state index in [2.05, 4.69) is 10.3 Å². The van der Waals surface area contributed by atoms with Crippen molar-refractivity contribution in [1.29, 1.82) is 0 Å². The molecule has 0 saturated heterocycles. The SMILES string of the molecule is Cc1ccc(NC(=O)c2cnc3n(c2=O)CCS3)cc1C. The molecule has 0 spiro atoms. The summed E-state index contributed by atoms with van der Waals surface area (Å²) in [5, 5.41) is 3.44. The van der Waals surface area contributed by atoms with Gasteiger partial charge in [-0.05, 0) is 37.1 Å². The summed E-state index contributed by atoms with van der Waals surface area (Å²) in [7, 11) is 0. The van der Waals surface area contributed by atoms with Gasteiger partial charge in [-0.15, -0.1) is 0 Å². The molecule has 0 unspecified atom stereocenters. The monoisotopic (exact) mass is 301 g/mol. The summed E-state index contributed by atoms with van der Waals surface area (Å²) >= 11 is 1.53. The van der Waals surface area contributed by atoms with Crippen LogP contribution in [0.4, 0.5) is 5.69 Å². The van der Waals surface area contributed by atoms with Gasteiger partial charge in [-0.3, -0.25) is 14.2 Å². The van der Waals surface area contributed by atoms with Gasteiger partial charge in [-0.25, -0.2) is 4.98 Å². The molecule has 1 N–H and O–H groups in total. The zero-order valence-corrected chi connectivity index (χ0v) is 12.7. The molecule has 1 aliphatic rings. The largest absolute Gasteiger partial charge is 0.322 e. The van der Waals surface area contributed by atoms with Crippen molar-refractivity contribution in [2.24, 2.45) is 0 Å². The predicted octanol–water partition coefficient (Wildman–Crippen LogP) is 2.22. The number of hydrogen-bond acceptors (Lipinski definition) is 4. The molecule has 1 aromatic carbocycles. The number of carbonyl (C=O) groups excluding carboxylic acids is 1. The standard InChI is InChI=1S/C15H15N3O2S/c1-9-3-4-11(7-10(9)2)17-13(19)12-8-16-15-18(14(12)20)5-6-21-15/h3-4,7-8H,5-6H2,1-2H3,(H,17,19). The molecule has 0 saturated carbocycles. The molecule has 21 heavy (non-hydrogen) atoms. The van der Waals surface area contributed by atoms with Crippen LogP contribution < -0.4 is 10.9 Å². The number of hydrogen-bond donors (Lipinski definition) is 1. The lowest BCUT2D eigenvalue weighted by molar-refractivity contribution is 0.102. The van der Waals surface area contributed by atoms with Crippen LogP contribution in [-0.2, 0) is 6.54 Å². The highest BCUT2D eigenvalue weighted by Crippen LogP contribution is 2.21. The van der Waals surface area contributed by atoms with Crippen molar-refractivity contribution in [1.82, 2.24) is 9.55 Å². The molecule has 0 radical (unpaired) electrons. The van der Waals surface area contributed by atoms with E-state index in [9.17, 15) is 9.59 Å². The molecular formula is C15H15N3O2S. The summed E-state index contributed by atoms with van der Waals surface area (Å²) in [6.07, 6.45) is 1.36. The van der Waals surface area contributed by atoms with E-state index in [4.69, 9.17) is 0 Å². The fourth-order valence-corrected chi connectivity index (χ4v) is 3.10. The molecule has 2 heterocycles. The lowest BCUT2D eigenvalue weighted by Crippen LogP contribution is -2.29. The Morgan fingerprint density at radius 1 is 1.33 bits per heavy atom. The van der Waals surface area contributed by atoms with Crippen LogP contribution in [0.25, 0.3) is 0 Å². The molecule has 1 aliphatic heterocycles. The van der Waals surface area contributed by atoms with E-state index in [0.717, 1.165) is 16.9 Å². The number of amides is 1. The predicted molar refractivity (Wildman–Crippen MR) is 83.1 cm³/mol. The number of carbonyl (C=O) groups is 1. The lowest BCUT2D eigenvalue weighted by Gasteiger charge is -2.08. The van der Waals surface area contributed by atoms with E-state index < -0.39 is 5.91 Å². The summed E-state index contributed by atoms with van der Waals surface area (Å²) < 4.78 is 1.56. The van der Waals surface area contributed by atoms with Gasteiger partial charge in [-0.2, -0.15) is 0 Å². The Bertz CT molecular complexity index is 783. The maximum absolute atomic E-state index is 12.3. The van der Waals surface area contributed by atoms with E-state index >= 15 is 0 Å². The number of nitrogens with one attached hydrogen (secondary N) is 1. The number of aromatic nitrogens is 2. The van der Waals surface area contributed by atoms with E-state index in [-0.39, 0.29) is 11.1 Å². The molecule has 0 aliphatic carbocycles. The topological polar surface area (TPSA) is 64.0 Å². The Morgan fingerprint density at radius 2 is 2.14 bits per heavy atom. The molecule has 1 amide bonds. The smallest absolute Gasteiger partial charge is 0.267 e. The zero-order valence-electron chi connectivity index (χ0n) is 11.8. The number of anilines is 1. The second-order valence-electron chi connectivity index (χ2n) is 5.01. The molecule has 0 bridgehead atoms. The first kappa shape index (κ1) is 13.9. The highest BCUT2D eigenvalue weighted by atomic mass is 32.2. The number of aryl methyl sites for hydroxylation is 2. The molecular weight excluding hydrogens is 286 g/mol. The second kappa shape index (κ2) is 5.37. The summed E-state index contributed by atoms with van der Waals surface area (Å²) in [5.41, 5.74) is 2.74. The molecule has 5 nitrogen and oxygen atoms in total. The van der Waals surface area contributed by atoms with Crippen molar-refractivity contribution >= 4 is 23.4 Å². The van der Waals surface area contributed by atoms with Crippen LogP contribution in [0.15, 0.2) is 34.3 Å². The summed E-state index contributed by atoms with van der Waals surface area (Å²) in [6.45, 7) is 4.60. The zero-order chi connectivity index (χ0) is 15.0. The lowest BCUT2D eigenvalue weighted by atomic mass is 10.1. The maximum atomic E-state index is 12.3. The van der Waals surface area contributed by atoms with Gasteiger partial charge in [0.15, 0.2) is 5.16 Å². The Hall–Kier alpha value is -2.08. The van der Waals surface area contributed by atoms with Crippen molar-refractivity contribution in [2.45, 2.75) is 25.5 Å². The van der Waals surface area contributed by atoms with E-state index in [0.29, 0.717) is 17.4 Å². The minimum Gasteiger partial charge on any atom is -0.322 e. The Kier molecular flexibility index (Phi) is 3.55. The maximum Gasteiger partial charge on any atom is 0.267 e. The van der Waals surface area contributed by atoms with Gasteiger partial charge in [-0.1, -0.05) is 17.8 Å². The van der Waals surface area contributed by atoms with Crippen LogP contribution in [0.3, 0.4) is 0 Å². The molecule has 2 aromatic rings. The van der Waals surface area contributed by atoms with Crippen molar-refractivity contribution in [3.05, 3.63) is 51.4 Å². The van der Waals surface area contributed by atoms with E-state index in [1.54, 1.807) is 4.57 Å². The van der Waals surface area contributed by atoms with Gasteiger partial charge in [0.1, 0.15) is 5.56 Å². The molecule has 1 aromatic heterocycles. The van der Waals surface area contributed by atoms with Gasteiger partial charge >= 0.3 is 0 Å². The molecule has 0 atom stereocenters. The number of fused-ring (bicyclic) bond motifs is 1. The van der Waals surface area contributed by atoms with Crippen LogP contribution in [0.2, 0.25) is 0 Å². The summed E-state index contributed by atoms with van der Waals surface area (Å²) in [5.74, 6) is 0.410. The second-order valence-corrected chi connectivity index (χ2v) is 6.07. The first-order valence-corrected chi connectivity index (χ1v) is 7.66. The number of benzene rings is 1. The van der Waals surface area contributed by atoms with Gasteiger partial charge in [0.05, 0.1) is 0 Å². The third kappa shape index (κ3) is 2.58. The van der Waals surface area contributed by atoms with Crippen molar-refractivity contribution in [2.75, 3.05) is 11.1 Å². The van der Waals surface area contributed by atoms with Crippen molar-refractivity contribution in [3.63, 3.8) is 0 Å². The van der Waals surface area contributed by atoms with Crippen LogP contribution in [0, 0.1) is 13.8 Å². The van der Waals surface area contributed by atoms with Gasteiger partial charge in [0.2, 0.25) is 0 Å². The van der Waals surface area contributed by atoms with Crippen molar-refractivity contribution < 1.29 is 4.79 Å². The molecule has 108 valence electrons. The van der Waals surface area contributed by atoms with Gasteiger partial charge in [0.25, 0.3) is 11.5 Å². The van der Waals surface area contributed by atoms with E-state index in [1.165, 1.54) is 18.0 Å². The Labute approximate surface area is 126 Å². The number of nitrogens with zero attached hydrogens (tertiary/aromatic N) is 2. The van der Waals surface area contributed by atoms with Crippen LogP contribution in [0.5, 0.6) is 0 Å². The van der Waals surface area contributed by atoms with Gasteiger partial charge in [0, 0.05) is 24.2 Å². The summed E-state index contributed by atoms with van der Waals surface area (Å²) in [6, 6.07) is 5.66. The Balaban J connectivity index is 1.89. The van der Waals surface area contributed by atoms with Crippen LogP contribution >= 0.6 is 11.8 Å². The molecule has 6 heteroatoms. The first-order valence-electron chi connectivity index (χ1n) is 6.67. The average molecular weight is 301 g/mol. The van der Waals surface area contributed by atoms with Crippen LogP contribution in [0.1, 0.15) is 21.5 Å². The quantitative estimate of drug-likeness (QED) is 0.864. The minimum atomic E-state index is -0.414. The fourth-order valence-electron chi connectivity index (χ4n) is 2.19. The first-order chi connectivity index (χ1) is 10.1. The highest BCUT2D eigenvalue weighted by molar-refractivity contribution is 7.99. The highest BCUT2D eigenvalue weighted by Gasteiger charge is 2.20. The Morgan fingerprint density at radius 3 is 2.90 bits per heavy atom. The average Bonchev–Trinajstić information content (AvgIpc) is 2.92. The third-order valence-corrected chi connectivity index (χ3v) is 4.54. The molecule has 0 fully saturated rings. The third-order valence-electron chi connectivity index (χ3n) is 3.57.